The molecule has 0 aliphatic rings. The number of unbranched alkanes of at least 4 members (excludes halogenated alkanes) is 1. The van der Waals surface area contributed by atoms with Crippen LogP contribution in [0.3, 0.4) is 0 Å². The summed E-state index contributed by atoms with van der Waals surface area (Å²) in [5.41, 5.74) is 1.74. The Balaban J connectivity index is 0.000000323. The van der Waals surface area contributed by atoms with Crippen molar-refractivity contribution >= 4 is 39.2 Å². The van der Waals surface area contributed by atoms with Gasteiger partial charge in [-0.25, -0.2) is 4.98 Å². The lowest BCUT2D eigenvalue weighted by molar-refractivity contribution is -0.143. The third-order valence-corrected chi connectivity index (χ3v) is 5.31. The van der Waals surface area contributed by atoms with Gasteiger partial charge in [-0.2, -0.15) is 0 Å². The summed E-state index contributed by atoms with van der Waals surface area (Å²) in [4.78, 5) is 38.7. The van der Waals surface area contributed by atoms with Gasteiger partial charge in [0, 0.05) is 6.42 Å². The number of aromatic nitrogens is 1. The van der Waals surface area contributed by atoms with Crippen LogP contribution in [0.5, 0.6) is 0 Å². The molecule has 0 fully saturated rings. The van der Waals surface area contributed by atoms with E-state index in [1.807, 2.05) is 54.6 Å². The quantitative estimate of drug-likeness (QED) is 0.299. The van der Waals surface area contributed by atoms with E-state index in [1.54, 1.807) is 6.92 Å². The Labute approximate surface area is 186 Å². The van der Waals surface area contributed by atoms with Crippen LogP contribution >= 0.6 is 11.3 Å². The summed E-state index contributed by atoms with van der Waals surface area (Å²) in [5.74, 6) is -0.424. The summed E-state index contributed by atoms with van der Waals surface area (Å²) in [7, 11) is 0. The third kappa shape index (κ3) is 8.68. The second-order valence-corrected chi connectivity index (χ2v) is 7.81. The van der Waals surface area contributed by atoms with Crippen molar-refractivity contribution in [2.45, 2.75) is 39.5 Å². The van der Waals surface area contributed by atoms with Gasteiger partial charge in [0.1, 0.15) is 0 Å². The molecule has 0 atom stereocenters. The molecule has 164 valence electrons. The van der Waals surface area contributed by atoms with E-state index in [9.17, 15) is 14.4 Å². The number of hydrogen-bond donors (Lipinski definition) is 1. The molecule has 3 rings (SSSR count). The van der Waals surface area contributed by atoms with E-state index in [4.69, 9.17) is 4.74 Å². The molecule has 0 spiro atoms. The average Bonchev–Trinajstić information content (AvgIpc) is 3.23. The van der Waals surface area contributed by atoms with Crippen molar-refractivity contribution in [3.8, 4) is 0 Å². The van der Waals surface area contributed by atoms with E-state index in [1.165, 1.54) is 11.3 Å². The highest BCUT2D eigenvalue weighted by Gasteiger charge is 2.13. The third-order valence-electron chi connectivity index (χ3n) is 4.24. The van der Waals surface area contributed by atoms with Crippen LogP contribution in [-0.4, -0.2) is 35.8 Å². The van der Waals surface area contributed by atoms with Crippen LogP contribution in [0.1, 0.15) is 48.5 Å². The highest BCUT2D eigenvalue weighted by Crippen LogP contribution is 2.21. The molecule has 3 aromatic rings. The SMILES string of the molecule is CCCCOC(=O)CC.O=C(Cc1ccccc1)NCC(=O)c1nc2ccccc2s1. The van der Waals surface area contributed by atoms with Crippen molar-refractivity contribution in [3.05, 3.63) is 65.2 Å². The summed E-state index contributed by atoms with van der Waals surface area (Å²) in [6.45, 7) is 4.43. The predicted molar refractivity (Wildman–Crippen MR) is 123 cm³/mol. The molecule has 0 saturated heterocycles. The van der Waals surface area contributed by atoms with Crippen LogP contribution in [0.4, 0.5) is 0 Å². The van der Waals surface area contributed by atoms with Gasteiger partial charge >= 0.3 is 5.97 Å². The van der Waals surface area contributed by atoms with Gasteiger partial charge in [-0.15, -0.1) is 11.3 Å². The van der Waals surface area contributed by atoms with Gasteiger partial charge in [0.2, 0.25) is 11.7 Å². The van der Waals surface area contributed by atoms with Gasteiger partial charge in [0.15, 0.2) is 5.01 Å². The largest absolute Gasteiger partial charge is 0.466 e. The maximum absolute atomic E-state index is 12.1. The molecule has 0 radical (unpaired) electrons. The molecule has 1 N–H and O–H groups in total. The van der Waals surface area contributed by atoms with Gasteiger partial charge in [-0.1, -0.05) is 62.7 Å². The summed E-state index contributed by atoms with van der Waals surface area (Å²) >= 11 is 1.35. The fraction of sp³-hybridized carbons (Fsp3) is 0.333. The Morgan fingerprint density at radius 3 is 2.39 bits per heavy atom. The Hall–Kier alpha value is -3.06. The number of carbonyl (C=O) groups excluding carboxylic acids is 3. The second-order valence-electron chi connectivity index (χ2n) is 6.78. The lowest BCUT2D eigenvalue weighted by Crippen LogP contribution is -2.30. The van der Waals surface area contributed by atoms with Crippen molar-refractivity contribution in [3.63, 3.8) is 0 Å². The molecule has 0 aliphatic carbocycles. The molecule has 7 heteroatoms. The molecular formula is C24H28N2O4S. The Morgan fingerprint density at radius 2 is 1.71 bits per heavy atom. The van der Waals surface area contributed by atoms with Crippen LogP contribution < -0.4 is 5.32 Å². The number of fused-ring (bicyclic) bond motifs is 1. The Morgan fingerprint density at radius 1 is 1.00 bits per heavy atom. The molecule has 1 aromatic heterocycles. The number of para-hydroxylation sites is 1. The van der Waals surface area contributed by atoms with E-state index in [-0.39, 0.29) is 30.6 Å². The molecule has 0 unspecified atom stereocenters. The van der Waals surface area contributed by atoms with Gasteiger partial charge in [0.25, 0.3) is 0 Å². The molecule has 0 bridgehead atoms. The van der Waals surface area contributed by atoms with Gasteiger partial charge in [-0.3, -0.25) is 14.4 Å². The number of Topliss-reactive ketones (excluding diaryl/α,β-unsaturated/α-hetero) is 1. The molecular weight excluding hydrogens is 412 g/mol. The first-order valence-electron chi connectivity index (χ1n) is 10.4. The predicted octanol–water partition coefficient (Wildman–Crippen LogP) is 4.58. The minimum atomic E-state index is -0.166. The molecule has 2 aromatic carbocycles. The summed E-state index contributed by atoms with van der Waals surface area (Å²) < 4.78 is 5.77. The van der Waals surface area contributed by atoms with Gasteiger partial charge in [-0.05, 0) is 24.1 Å². The number of benzene rings is 2. The number of nitrogens with zero attached hydrogens (tertiary/aromatic N) is 1. The average molecular weight is 441 g/mol. The maximum Gasteiger partial charge on any atom is 0.305 e. The second kappa shape index (κ2) is 13.3. The number of thiazole rings is 1. The highest BCUT2D eigenvalue weighted by molar-refractivity contribution is 7.20. The molecule has 31 heavy (non-hydrogen) atoms. The topological polar surface area (TPSA) is 85.4 Å². The van der Waals surface area contributed by atoms with Crippen molar-refractivity contribution in [1.82, 2.24) is 10.3 Å². The van der Waals surface area contributed by atoms with Crippen LogP contribution in [0, 0.1) is 0 Å². The fourth-order valence-electron chi connectivity index (χ4n) is 2.52. The maximum atomic E-state index is 12.1. The van der Waals surface area contributed by atoms with E-state index in [2.05, 4.69) is 17.2 Å². The number of nitrogens with one attached hydrogen (secondary N) is 1. The van der Waals surface area contributed by atoms with Crippen LogP contribution in [0.25, 0.3) is 10.2 Å². The molecule has 0 aliphatic heterocycles. The monoisotopic (exact) mass is 440 g/mol. The minimum Gasteiger partial charge on any atom is -0.466 e. The van der Waals surface area contributed by atoms with Gasteiger partial charge < -0.3 is 10.1 Å². The zero-order valence-electron chi connectivity index (χ0n) is 17.9. The number of ketones is 1. The lowest BCUT2D eigenvalue weighted by atomic mass is 10.1. The minimum absolute atomic E-state index is 0.0223. The summed E-state index contributed by atoms with van der Waals surface area (Å²) in [6, 6.07) is 17.0. The van der Waals surface area contributed by atoms with Crippen LogP contribution in [0.2, 0.25) is 0 Å². The van der Waals surface area contributed by atoms with Crippen molar-refractivity contribution in [1.29, 1.82) is 0 Å². The number of rotatable bonds is 9. The number of esters is 1. The smallest absolute Gasteiger partial charge is 0.305 e. The number of ether oxygens (including phenoxy) is 1. The standard InChI is InChI=1S/C17H14N2O2S.C7H14O2/c20-14(17-19-13-8-4-5-9-15(13)22-17)11-18-16(21)10-12-6-2-1-3-7-12;1-3-5-6-9-7(8)4-2/h1-9H,10-11H2,(H,18,21);3-6H2,1-2H3. The number of carbonyl (C=O) groups is 3. The Bertz CT molecular complexity index is 952. The first kappa shape index (κ1) is 24.2. The van der Waals surface area contributed by atoms with E-state index in [0.717, 1.165) is 28.6 Å². The van der Waals surface area contributed by atoms with Crippen molar-refractivity contribution in [2.24, 2.45) is 0 Å². The number of amides is 1. The first-order chi connectivity index (χ1) is 15.0. The number of hydrogen-bond acceptors (Lipinski definition) is 6. The normalized spacial score (nSPS) is 10.1. The molecule has 6 nitrogen and oxygen atoms in total. The summed E-state index contributed by atoms with van der Waals surface area (Å²) in [6.07, 6.45) is 2.82. The molecule has 1 heterocycles. The van der Waals surface area contributed by atoms with E-state index < -0.39 is 0 Å². The lowest BCUT2D eigenvalue weighted by Gasteiger charge is -2.03. The van der Waals surface area contributed by atoms with E-state index >= 15 is 0 Å². The molecule has 1 amide bonds. The first-order valence-corrected chi connectivity index (χ1v) is 11.2. The molecule has 0 saturated carbocycles. The van der Waals surface area contributed by atoms with Gasteiger partial charge in [0.05, 0.1) is 29.8 Å². The van der Waals surface area contributed by atoms with Crippen LogP contribution in [0.15, 0.2) is 54.6 Å². The zero-order valence-corrected chi connectivity index (χ0v) is 18.7. The zero-order chi connectivity index (χ0) is 22.5. The highest BCUT2D eigenvalue weighted by atomic mass is 32.1. The van der Waals surface area contributed by atoms with Crippen LogP contribution in [-0.2, 0) is 20.7 Å². The fourth-order valence-corrected chi connectivity index (χ4v) is 3.43. The van der Waals surface area contributed by atoms with Crippen molar-refractivity contribution < 1.29 is 19.1 Å². The van der Waals surface area contributed by atoms with Crippen molar-refractivity contribution in [2.75, 3.05) is 13.2 Å². The van der Waals surface area contributed by atoms with E-state index in [0.29, 0.717) is 18.0 Å². The Kier molecular flexibility index (Phi) is 10.4. The summed E-state index contributed by atoms with van der Waals surface area (Å²) in [5, 5.41) is 3.08.